The highest BCUT2D eigenvalue weighted by atomic mass is 32.1. The van der Waals surface area contributed by atoms with Crippen molar-refractivity contribution in [3.05, 3.63) is 40.3 Å². The van der Waals surface area contributed by atoms with E-state index in [1.165, 1.54) is 11.1 Å². The van der Waals surface area contributed by atoms with Crippen LogP contribution in [-0.2, 0) is 11.8 Å². The second-order valence-corrected chi connectivity index (χ2v) is 7.66. The van der Waals surface area contributed by atoms with E-state index < -0.39 is 0 Å². The van der Waals surface area contributed by atoms with Crippen molar-refractivity contribution in [1.29, 1.82) is 0 Å². The fourth-order valence-electron chi connectivity index (χ4n) is 4.15. The zero-order chi connectivity index (χ0) is 16.5. The van der Waals surface area contributed by atoms with Gasteiger partial charge >= 0.3 is 0 Å². The molecule has 5 nitrogen and oxygen atoms in total. The molecular weight excluding hydrogens is 320 g/mol. The standard InChI is InChI=1S/C18H24N4OS/c1-20-11-15(10-19-20)16-4-2-7-21(16)12-18(23)22-8-3-5-17(22)14-6-9-24-13-14/h6,9-11,13,16-17H,2-5,7-8,12H2,1H3/t16-,17+/m0/s1. The zero-order valence-corrected chi connectivity index (χ0v) is 14.9. The Kier molecular flexibility index (Phi) is 4.41. The predicted molar refractivity (Wildman–Crippen MR) is 94.8 cm³/mol. The van der Waals surface area contributed by atoms with Gasteiger partial charge in [0.1, 0.15) is 0 Å². The van der Waals surface area contributed by atoms with E-state index in [-0.39, 0.29) is 11.9 Å². The first kappa shape index (κ1) is 15.8. The van der Waals surface area contributed by atoms with Crippen LogP contribution in [0.25, 0.3) is 0 Å². The minimum atomic E-state index is 0.277. The van der Waals surface area contributed by atoms with E-state index in [2.05, 4.69) is 37.9 Å². The van der Waals surface area contributed by atoms with Gasteiger partial charge in [0.15, 0.2) is 0 Å². The maximum Gasteiger partial charge on any atom is 0.237 e. The van der Waals surface area contributed by atoms with Gasteiger partial charge in [0.05, 0.1) is 18.8 Å². The summed E-state index contributed by atoms with van der Waals surface area (Å²) in [6, 6.07) is 2.78. The number of carbonyl (C=O) groups is 1. The van der Waals surface area contributed by atoms with E-state index in [9.17, 15) is 4.79 Å². The number of carbonyl (C=O) groups excluding carboxylic acids is 1. The first-order valence-corrected chi connectivity index (χ1v) is 9.71. The third-order valence-electron chi connectivity index (χ3n) is 5.31. The maximum absolute atomic E-state index is 13.0. The van der Waals surface area contributed by atoms with Gasteiger partial charge in [-0.3, -0.25) is 14.4 Å². The Hall–Kier alpha value is -1.66. The molecule has 4 heterocycles. The van der Waals surface area contributed by atoms with Crippen LogP contribution < -0.4 is 0 Å². The van der Waals surface area contributed by atoms with Gasteiger partial charge in [-0.25, -0.2) is 0 Å². The second kappa shape index (κ2) is 6.69. The van der Waals surface area contributed by atoms with Crippen molar-refractivity contribution in [3.63, 3.8) is 0 Å². The number of rotatable bonds is 4. The highest BCUT2D eigenvalue weighted by molar-refractivity contribution is 7.07. The van der Waals surface area contributed by atoms with Crippen molar-refractivity contribution in [2.45, 2.75) is 37.8 Å². The largest absolute Gasteiger partial charge is 0.335 e. The molecule has 2 atom stereocenters. The van der Waals surface area contributed by atoms with Crippen molar-refractivity contribution in [1.82, 2.24) is 19.6 Å². The van der Waals surface area contributed by atoms with Crippen LogP contribution in [-0.4, -0.2) is 45.1 Å². The Bertz CT molecular complexity index is 696. The number of hydrogen-bond donors (Lipinski definition) is 0. The van der Waals surface area contributed by atoms with Crippen LogP contribution in [0.5, 0.6) is 0 Å². The Labute approximate surface area is 146 Å². The first-order valence-electron chi connectivity index (χ1n) is 8.76. The average molecular weight is 344 g/mol. The quantitative estimate of drug-likeness (QED) is 0.856. The number of amides is 1. The van der Waals surface area contributed by atoms with E-state index in [0.717, 1.165) is 38.8 Å². The molecule has 0 spiro atoms. The molecule has 0 bridgehead atoms. The number of aromatic nitrogens is 2. The summed E-state index contributed by atoms with van der Waals surface area (Å²) in [5.74, 6) is 0.277. The lowest BCUT2D eigenvalue weighted by molar-refractivity contribution is -0.133. The van der Waals surface area contributed by atoms with Gasteiger partial charge in [0, 0.05) is 31.4 Å². The molecule has 0 radical (unpaired) electrons. The lowest BCUT2D eigenvalue weighted by Crippen LogP contribution is -2.39. The van der Waals surface area contributed by atoms with E-state index in [1.807, 2.05) is 17.9 Å². The average Bonchev–Trinajstić information content (AvgIpc) is 3.34. The molecule has 0 aliphatic carbocycles. The van der Waals surface area contributed by atoms with Crippen LogP contribution in [0, 0.1) is 0 Å². The fourth-order valence-corrected chi connectivity index (χ4v) is 4.85. The summed E-state index contributed by atoms with van der Waals surface area (Å²) in [6.45, 7) is 2.42. The number of thiophene rings is 1. The highest BCUT2D eigenvalue weighted by Crippen LogP contribution is 2.35. The van der Waals surface area contributed by atoms with Crippen LogP contribution in [0.2, 0.25) is 0 Å². The number of hydrogen-bond acceptors (Lipinski definition) is 4. The Morgan fingerprint density at radius 3 is 2.83 bits per heavy atom. The molecule has 0 N–H and O–H groups in total. The summed E-state index contributed by atoms with van der Waals surface area (Å²) in [7, 11) is 1.95. The summed E-state index contributed by atoms with van der Waals surface area (Å²) >= 11 is 1.72. The van der Waals surface area contributed by atoms with Crippen molar-refractivity contribution in [2.24, 2.45) is 7.05 Å². The van der Waals surface area contributed by atoms with Crippen molar-refractivity contribution < 1.29 is 4.79 Å². The normalized spacial score (nSPS) is 24.8. The van der Waals surface area contributed by atoms with Crippen LogP contribution in [0.4, 0.5) is 0 Å². The lowest BCUT2D eigenvalue weighted by atomic mass is 10.1. The van der Waals surface area contributed by atoms with Gasteiger partial charge in [0.2, 0.25) is 5.91 Å². The second-order valence-electron chi connectivity index (χ2n) is 6.88. The summed E-state index contributed by atoms with van der Waals surface area (Å²) in [6.07, 6.45) is 8.50. The molecule has 2 aromatic heterocycles. The van der Waals surface area contributed by atoms with Crippen molar-refractivity contribution in [2.75, 3.05) is 19.6 Å². The van der Waals surface area contributed by atoms with E-state index in [4.69, 9.17) is 0 Å². The molecule has 2 aromatic rings. The van der Waals surface area contributed by atoms with Gasteiger partial charge in [-0.05, 0) is 54.6 Å². The Balaban J connectivity index is 1.45. The summed E-state index contributed by atoms with van der Waals surface area (Å²) in [4.78, 5) is 17.4. The maximum atomic E-state index is 13.0. The fraction of sp³-hybridized carbons (Fsp3) is 0.556. The molecule has 24 heavy (non-hydrogen) atoms. The van der Waals surface area contributed by atoms with E-state index in [1.54, 1.807) is 11.3 Å². The first-order chi connectivity index (χ1) is 11.7. The minimum Gasteiger partial charge on any atom is -0.335 e. The molecule has 0 aromatic carbocycles. The smallest absolute Gasteiger partial charge is 0.237 e. The van der Waals surface area contributed by atoms with Crippen LogP contribution in [0.15, 0.2) is 29.2 Å². The van der Waals surface area contributed by atoms with Crippen LogP contribution in [0.3, 0.4) is 0 Å². The number of nitrogens with zero attached hydrogens (tertiary/aromatic N) is 4. The van der Waals surface area contributed by atoms with Crippen LogP contribution in [0.1, 0.15) is 48.9 Å². The van der Waals surface area contributed by atoms with E-state index in [0.29, 0.717) is 12.6 Å². The minimum absolute atomic E-state index is 0.277. The van der Waals surface area contributed by atoms with Gasteiger partial charge in [-0.2, -0.15) is 16.4 Å². The molecular formula is C18H24N4OS. The summed E-state index contributed by atoms with van der Waals surface area (Å²) in [5.41, 5.74) is 2.54. The van der Waals surface area contributed by atoms with Gasteiger partial charge in [-0.15, -0.1) is 0 Å². The monoisotopic (exact) mass is 344 g/mol. The number of aryl methyl sites for hydroxylation is 1. The highest BCUT2D eigenvalue weighted by Gasteiger charge is 2.34. The molecule has 4 rings (SSSR count). The van der Waals surface area contributed by atoms with Gasteiger partial charge in [-0.1, -0.05) is 0 Å². The SMILES string of the molecule is Cn1cc([C@@H]2CCCN2CC(=O)N2CCC[C@@H]2c2ccsc2)cn1. The molecule has 1 amide bonds. The van der Waals surface area contributed by atoms with Crippen LogP contribution >= 0.6 is 11.3 Å². The summed E-state index contributed by atoms with van der Waals surface area (Å²) < 4.78 is 1.85. The molecule has 2 aliphatic heterocycles. The molecule has 128 valence electrons. The Morgan fingerprint density at radius 1 is 1.25 bits per heavy atom. The van der Waals surface area contributed by atoms with Crippen molar-refractivity contribution >= 4 is 17.2 Å². The summed E-state index contributed by atoms with van der Waals surface area (Å²) in [5, 5.41) is 8.59. The third-order valence-corrected chi connectivity index (χ3v) is 6.01. The van der Waals surface area contributed by atoms with Gasteiger partial charge in [0.25, 0.3) is 0 Å². The number of likely N-dealkylation sites (tertiary alicyclic amines) is 2. The Morgan fingerprint density at radius 2 is 2.08 bits per heavy atom. The van der Waals surface area contributed by atoms with Gasteiger partial charge < -0.3 is 4.90 Å². The van der Waals surface area contributed by atoms with Crippen molar-refractivity contribution in [3.8, 4) is 0 Å². The predicted octanol–water partition coefficient (Wildman–Crippen LogP) is 2.98. The molecule has 6 heteroatoms. The molecule has 2 aliphatic rings. The molecule has 0 saturated carbocycles. The topological polar surface area (TPSA) is 41.4 Å². The molecule has 2 saturated heterocycles. The molecule has 0 unspecified atom stereocenters. The molecule has 2 fully saturated rings. The van der Waals surface area contributed by atoms with E-state index >= 15 is 0 Å². The zero-order valence-electron chi connectivity index (χ0n) is 14.1. The lowest BCUT2D eigenvalue weighted by Gasteiger charge is -2.29. The third kappa shape index (κ3) is 3.00.